The second kappa shape index (κ2) is 9.43. The molecule has 0 unspecified atom stereocenters. The van der Waals surface area contributed by atoms with Gasteiger partial charge in [0.15, 0.2) is 5.11 Å². The van der Waals surface area contributed by atoms with Crippen molar-refractivity contribution in [3.63, 3.8) is 0 Å². The summed E-state index contributed by atoms with van der Waals surface area (Å²) in [5.41, 5.74) is 8.53. The molecule has 2 aromatic heterocycles. The minimum absolute atomic E-state index is 0.201. The SMILES string of the molecule is CCc1cccc(C)c1NC(=S)NNC(=O)CCc1nc(-c2cccs2)no1. The number of thiocarbonyl (C=S) groups is 1. The van der Waals surface area contributed by atoms with E-state index < -0.39 is 0 Å². The molecular weight excluding hydrogens is 394 g/mol. The van der Waals surface area contributed by atoms with Crippen molar-refractivity contribution >= 4 is 40.3 Å². The van der Waals surface area contributed by atoms with Gasteiger partial charge in [-0.05, 0) is 48.1 Å². The van der Waals surface area contributed by atoms with Gasteiger partial charge in [-0.15, -0.1) is 11.3 Å². The summed E-state index contributed by atoms with van der Waals surface area (Å²) >= 11 is 6.81. The average Bonchev–Trinajstić information content (AvgIpc) is 3.38. The maximum absolute atomic E-state index is 12.0. The Balaban J connectivity index is 1.45. The highest BCUT2D eigenvalue weighted by atomic mass is 32.1. The molecule has 3 aromatic rings. The van der Waals surface area contributed by atoms with E-state index in [2.05, 4.69) is 33.2 Å². The molecule has 0 aliphatic rings. The van der Waals surface area contributed by atoms with Gasteiger partial charge in [-0.3, -0.25) is 15.6 Å². The van der Waals surface area contributed by atoms with E-state index in [1.807, 2.05) is 42.6 Å². The lowest BCUT2D eigenvalue weighted by Crippen LogP contribution is -2.44. The van der Waals surface area contributed by atoms with Gasteiger partial charge < -0.3 is 9.84 Å². The number of para-hydroxylation sites is 1. The van der Waals surface area contributed by atoms with Crippen molar-refractivity contribution in [2.24, 2.45) is 0 Å². The molecule has 28 heavy (non-hydrogen) atoms. The summed E-state index contributed by atoms with van der Waals surface area (Å²) < 4.78 is 5.19. The first-order valence-electron chi connectivity index (χ1n) is 8.87. The van der Waals surface area contributed by atoms with Gasteiger partial charge in [-0.1, -0.05) is 36.3 Å². The van der Waals surface area contributed by atoms with Gasteiger partial charge in [0.05, 0.1) is 4.88 Å². The highest BCUT2D eigenvalue weighted by Crippen LogP contribution is 2.22. The minimum Gasteiger partial charge on any atom is -0.339 e. The van der Waals surface area contributed by atoms with Crippen LogP contribution in [0.5, 0.6) is 0 Å². The molecule has 0 atom stereocenters. The molecule has 0 radical (unpaired) electrons. The van der Waals surface area contributed by atoms with Crippen LogP contribution in [-0.4, -0.2) is 21.2 Å². The molecular formula is C19H21N5O2S2. The number of nitrogens with one attached hydrogen (secondary N) is 3. The first-order chi connectivity index (χ1) is 13.6. The summed E-state index contributed by atoms with van der Waals surface area (Å²) in [5, 5.41) is 9.35. The largest absolute Gasteiger partial charge is 0.339 e. The van der Waals surface area contributed by atoms with Crippen LogP contribution < -0.4 is 16.2 Å². The quantitative estimate of drug-likeness (QED) is 0.418. The molecule has 0 aliphatic heterocycles. The number of carbonyl (C=O) groups excluding carboxylic acids is 1. The van der Waals surface area contributed by atoms with Crippen LogP contribution in [0.2, 0.25) is 0 Å². The second-order valence-corrected chi connectivity index (χ2v) is 7.43. The number of aryl methyl sites for hydroxylation is 3. The van der Waals surface area contributed by atoms with Crippen molar-refractivity contribution in [2.75, 3.05) is 5.32 Å². The predicted molar refractivity (Wildman–Crippen MR) is 114 cm³/mol. The van der Waals surface area contributed by atoms with Crippen LogP contribution in [0.3, 0.4) is 0 Å². The molecule has 2 heterocycles. The molecule has 0 aliphatic carbocycles. The number of anilines is 1. The van der Waals surface area contributed by atoms with E-state index in [4.69, 9.17) is 16.7 Å². The number of hydrazine groups is 1. The van der Waals surface area contributed by atoms with Crippen LogP contribution in [0.25, 0.3) is 10.7 Å². The maximum atomic E-state index is 12.0. The normalized spacial score (nSPS) is 10.5. The van der Waals surface area contributed by atoms with Crippen molar-refractivity contribution in [2.45, 2.75) is 33.1 Å². The van der Waals surface area contributed by atoms with E-state index >= 15 is 0 Å². The zero-order valence-corrected chi connectivity index (χ0v) is 17.2. The van der Waals surface area contributed by atoms with Gasteiger partial charge in [0.25, 0.3) is 0 Å². The Morgan fingerprint density at radius 2 is 2.11 bits per heavy atom. The van der Waals surface area contributed by atoms with Gasteiger partial charge in [0, 0.05) is 18.5 Å². The number of thiophene rings is 1. The summed E-state index contributed by atoms with van der Waals surface area (Å²) in [6.45, 7) is 4.09. The van der Waals surface area contributed by atoms with Gasteiger partial charge in [0.1, 0.15) is 0 Å². The predicted octanol–water partition coefficient (Wildman–Crippen LogP) is 3.62. The van der Waals surface area contributed by atoms with Crippen LogP contribution in [0.15, 0.2) is 40.2 Å². The zero-order chi connectivity index (χ0) is 19.9. The third-order valence-corrected chi connectivity index (χ3v) is 5.14. The lowest BCUT2D eigenvalue weighted by atomic mass is 10.1. The average molecular weight is 416 g/mol. The van der Waals surface area contributed by atoms with Gasteiger partial charge in [-0.25, -0.2) is 0 Å². The topological polar surface area (TPSA) is 92.1 Å². The van der Waals surface area contributed by atoms with Crippen LogP contribution >= 0.6 is 23.6 Å². The Labute approximate surface area is 172 Å². The Morgan fingerprint density at radius 3 is 2.86 bits per heavy atom. The maximum Gasteiger partial charge on any atom is 0.238 e. The summed E-state index contributed by atoms with van der Waals surface area (Å²) in [7, 11) is 0. The Bertz CT molecular complexity index is 953. The van der Waals surface area contributed by atoms with Crippen molar-refractivity contribution in [1.82, 2.24) is 21.0 Å². The second-order valence-electron chi connectivity index (χ2n) is 6.08. The number of carbonyl (C=O) groups is 1. The number of benzene rings is 1. The van der Waals surface area contributed by atoms with E-state index in [0.717, 1.165) is 28.1 Å². The van der Waals surface area contributed by atoms with Crippen molar-refractivity contribution in [1.29, 1.82) is 0 Å². The highest BCUT2D eigenvalue weighted by molar-refractivity contribution is 7.80. The summed E-state index contributed by atoms with van der Waals surface area (Å²) in [5.74, 6) is 0.742. The first-order valence-corrected chi connectivity index (χ1v) is 10.2. The lowest BCUT2D eigenvalue weighted by Gasteiger charge is -2.16. The van der Waals surface area contributed by atoms with Gasteiger partial charge in [0.2, 0.25) is 17.6 Å². The van der Waals surface area contributed by atoms with Crippen molar-refractivity contribution < 1.29 is 9.32 Å². The van der Waals surface area contributed by atoms with Crippen LogP contribution in [0, 0.1) is 6.92 Å². The van der Waals surface area contributed by atoms with Gasteiger partial charge >= 0.3 is 0 Å². The molecule has 3 rings (SSSR count). The van der Waals surface area contributed by atoms with Gasteiger partial charge in [-0.2, -0.15) is 4.98 Å². The molecule has 9 heteroatoms. The minimum atomic E-state index is -0.222. The molecule has 7 nitrogen and oxygen atoms in total. The van der Waals surface area contributed by atoms with Crippen LogP contribution in [-0.2, 0) is 17.6 Å². The molecule has 146 valence electrons. The summed E-state index contributed by atoms with van der Waals surface area (Å²) in [6.07, 6.45) is 1.44. The highest BCUT2D eigenvalue weighted by Gasteiger charge is 2.12. The molecule has 0 fully saturated rings. The standard InChI is InChI=1S/C19H21N5O2S2/c1-3-13-7-4-6-12(2)17(13)21-19(27)23-22-15(25)9-10-16-20-18(24-26-16)14-8-5-11-28-14/h4-8,11H,3,9-10H2,1-2H3,(H,22,25)(H2,21,23,27). The monoisotopic (exact) mass is 415 g/mol. The Kier molecular flexibility index (Phi) is 6.72. The lowest BCUT2D eigenvalue weighted by molar-refractivity contribution is -0.121. The number of aromatic nitrogens is 2. The van der Waals surface area contributed by atoms with Crippen molar-refractivity contribution in [3.05, 3.63) is 52.7 Å². The van der Waals surface area contributed by atoms with Crippen LogP contribution in [0.4, 0.5) is 5.69 Å². The number of amides is 1. The van der Waals surface area contributed by atoms with E-state index in [9.17, 15) is 4.79 Å². The molecule has 0 saturated heterocycles. The molecule has 3 N–H and O–H groups in total. The Morgan fingerprint density at radius 1 is 1.25 bits per heavy atom. The number of nitrogens with zero attached hydrogens (tertiary/aromatic N) is 2. The zero-order valence-electron chi connectivity index (χ0n) is 15.6. The van der Waals surface area contributed by atoms with Crippen molar-refractivity contribution in [3.8, 4) is 10.7 Å². The summed E-state index contributed by atoms with van der Waals surface area (Å²) in [6, 6.07) is 9.91. The third kappa shape index (κ3) is 5.14. The number of hydrogen-bond donors (Lipinski definition) is 3. The van der Waals surface area contributed by atoms with E-state index in [0.29, 0.717) is 23.2 Å². The molecule has 1 amide bonds. The number of rotatable bonds is 6. The number of hydrogen-bond acceptors (Lipinski definition) is 6. The first kappa shape index (κ1) is 20.0. The smallest absolute Gasteiger partial charge is 0.238 e. The third-order valence-electron chi connectivity index (χ3n) is 4.07. The fourth-order valence-electron chi connectivity index (χ4n) is 2.62. The fourth-order valence-corrected chi connectivity index (χ4v) is 3.42. The van der Waals surface area contributed by atoms with E-state index in [1.165, 1.54) is 11.3 Å². The van der Waals surface area contributed by atoms with E-state index in [-0.39, 0.29) is 12.3 Å². The molecule has 0 bridgehead atoms. The molecule has 1 aromatic carbocycles. The van der Waals surface area contributed by atoms with E-state index in [1.54, 1.807) is 0 Å². The fraction of sp³-hybridized carbons (Fsp3) is 0.263. The summed E-state index contributed by atoms with van der Waals surface area (Å²) in [4.78, 5) is 17.3. The van der Waals surface area contributed by atoms with Crippen LogP contribution in [0.1, 0.15) is 30.4 Å². The molecule has 0 saturated carbocycles. The molecule has 0 spiro atoms. The Hall–Kier alpha value is -2.78.